The summed E-state index contributed by atoms with van der Waals surface area (Å²) in [5, 5.41) is 3.34. The molecule has 1 aliphatic rings. The Morgan fingerprint density at radius 3 is 2.76 bits per heavy atom. The minimum atomic E-state index is -1.40. The van der Waals surface area contributed by atoms with Crippen LogP contribution in [0.5, 0.6) is 11.5 Å². The van der Waals surface area contributed by atoms with Gasteiger partial charge in [-0.05, 0) is 24.3 Å². The smallest absolute Gasteiger partial charge is 0.246 e. The Labute approximate surface area is 204 Å². The van der Waals surface area contributed by atoms with Gasteiger partial charge in [0.15, 0.2) is 17.7 Å². The minimum Gasteiger partial charge on any atom is -0.493 e. The molecule has 1 unspecified atom stereocenters. The quantitative estimate of drug-likeness (QED) is 0.358. The average molecular weight is 509 g/mol. The maximum Gasteiger partial charge on any atom is 0.246 e. The zero-order valence-corrected chi connectivity index (χ0v) is 19.5. The van der Waals surface area contributed by atoms with Crippen LogP contribution in [0.4, 0.5) is 20.3 Å². The fourth-order valence-electron chi connectivity index (χ4n) is 3.67. The van der Waals surface area contributed by atoms with E-state index in [1.165, 1.54) is 30.5 Å². The third kappa shape index (κ3) is 4.71. The van der Waals surface area contributed by atoms with Gasteiger partial charge in [0.2, 0.25) is 5.91 Å². The van der Waals surface area contributed by atoms with Gasteiger partial charge in [0.1, 0.15) is 24.1 Å². The van der Waals surface area contributed by atoms with Crippen molar-refractivity contribution in [3.8, 4) is 11.5 Å². The van der Waals surface area contributed by atoms with E-state index in [0.717, 1.165) is 6.08 Å². The van der Waals surface area contributed by atoms with Crippen molar-refractivity contribution in [1.82, 2.24) is 14.9 Å². The normalized spacial score (nSPS) is 18.0. The maximum absolute atomic E-state index is 14.8. The highest BCUT2D eigenvalue weighted by Gasteiger charge is 2.33. The van der Waals surface area contributed by atoms with Crippen molar-refractivity contribution in [3.05, 3.63) is 59.1 Å². The number of halogens is 4. The van der Waals surface area contributed by atoms with Gasteiger partial charge in [-0.15, -0.1) is 0 Å². The number of carbonyl (C=O) groups excluding carboxylic acids is 1. The van der Waals surface area contributed by atoms with Crippen LogP contribution in [-0.2, 0) is 4.79 Å². The molecule has 0 radical (unpaired) electrons. The van der Waals surface area contributed by atoms with Gasteiger partial charge in [-0.2, -0.15) is 0 Å². The topological polar surface area (TPSA) is 76.6 Å². The van der Waals surface area contributed by atoms with Crippen LogP contribution in [0.1, 0.15) is 6.42 Å². The van der Waals surface area contributed by atoms with E-state index in [1.807, 2.05) is 0 Å². The standard InChI is InChI=1S/C23H20Cl2F2N4O3/c1-3-20(32)31-7-6-17(14(27)10-31)34-19-8-12-16(9-18(19)33-2)28-11-29-23(12)30-15-5-4-13(26)21(24)22(15)25/h3-5,8-9,11,14,17H,1,6-7,10H2,2H3,(H,28,29,30)/t14?,17-/m1/s1. The predicted octanol–water partition coefficient (Wildman–Crippen LogP) is 5.33. The van der Waals surface area contributed by atoms with Crippen molar-refractivity contribution in [3.63, 3.8) is 0 Å². The zero-order valence-electron chi connectivity index (χ0n) is 18.0. The van der Waals surface area contributed by atoms with Crippen molar-refractivity contribution in [1.29, 1.82) is 0 Å². The molecule has 178 valence electrons. The Hall–Kier alpha value is -3.17. The summed E-state index contributed by atoms with van der Waals surface area (Å²) in [6.07, 6.45) is 0.611. The van der Waals surface area contributed by atoms with Gasteiger partial charge in [0, 0.05) is 24.4 Å². The molecule has 3 aromatic rings. The van der Waals surface area contributed by atoms with Gasteiger partial charge in [-0.3, -0.25) is 4.79 Å². The summed E-state index contributed by atoms with van der Waals surface area (Å²) in [6.45, 7) is 3.69. The van der Waals surface area contributed by atoms with Crippen LogP contribution >= 0.6 is 23.2 Å². The van der Waals surface area contributed by atoms with Crippen LogP contribution in [0.3, 0.4) is 0 Å². The molecule has 1 amide bonds. The second-order valence-electron chi connectivity index (χ2n) is 7.54. The first-order chi connectivity index (χ1) is 16.3. The Morgan fingerprint density at radius 2 is 2.06 bits per heavy atom. The number of nitrogens with zero attached hydrogens (tertiary/aromatic N) is 3. The minimum absolute atomic E-state index is 0.000448. The van der Waals surface area contributed by atoms with Gasteiger partial charge in [-0.1, -0.05) is 29.8 Å². The third-order valence-corrected chi connectivity index (χ3v) is 6.31. The van der Waals surface area contributed by atoms with Crippen molar-refractivity contribution < 1.29 is 23.0 Å². The van der Waals surface area contributed by atoms with Crippen LogP contribution in [-0.4, -0.2) is 53.2 Å². The first-order valence-electron chi connectivity index (χ1n) is 10.3. The largest absolute Gasteiger partial charge is 0.493 e. The number of methoxy groups -OCH3 is 1. The summed E-state index contributed by atoms with van der Waals surface area (Å²) in [7, 11) is 1.47. The predicted molar refractivity (Wildman–Crippen MR) is 126 cm³/mol. The number of aromatic nitrogens is 2. The second-order valence-corrected chi connectivity index (χ2v) is 8.30. The molecule has 4 rings (SSSR count). The molecule has 2 heterocycles. The summed E-state index contributed by atoms with van der Waals surface area (Å²) >= 11 is 12.1. The lowest BCUT2D eigenvalue weighted by atomic mass is 10.1. The molecule has 0 spiro atoms. The van der Waals surface area contributed by atoms with Gasteiger partial charge in [0.05, 0.1) is 34.9 Å². The number of hydrogen-bond acceptors (Lipinski definition) is 6. The van der Waals surface area contributed by atoms with Crippen LogP contribution < -0.4 is 14.8 Å². The first kappa shape index (κ1) is 24.0. The van der Waals surface area contributed by atoms with Gasteiger partial charge < -0.3 is 19.7 Å². The van der Waals surface area contributed by atoms with Crippen molar-refractivity contribution >= 4 is 51.5 Å². The third-order valence-electron chi connectivity index (χ3n) is 5.46. The fourth-order valence-corrected chi connectivity index (χ4v) is 4.04. The van der Waals surface area contributed by atoms with Crippen LogP contribution in [0, 0.1) is 5.82 Å². The van der Waals surface area contributed by atoms with Crippen LogP contribution in [0.2, 0.25) is 10.0 Å². The molecule has 11 heteroatoms. The van der Waals surface area contributed by atoms with E-state index < -0.39 is 18.1 Å². The summed E-state index contributed by atoms with van der Waals surface area (Å²) in [5.41, 5.74) is 0.865. The van der Waals surface area contributed by atoms with E-state index in [-0.39, 0.29) is 28.2 Å². The van der Waals surface area contributed by atoms with Crippen molar-refractivity contribution in [2.24, 2.45) is 0 Å². The molecule has 0 bridgehead atoms. The molecular formula is C23H20Cl2F2N4O3. The Morgan fingerprint density at radius 1 is 1.26 bits per heavy atom. The number of rotatable bonds is 6. The number of carbonyl (C=O) groups is 1. The van der Waals surface area contributed by atoms with E-state index in [9.17, 15) is 13.6 Å². The zero-order chi connectivity index (χ0) is 24.4. The molecule has 1 fully saturated rings. The van der Waals surface area contributed by atoms with Crippen molar-refractivity contribution in [2.45, 2.75) is 18.7 Å². The number of likely N-dealkylation sites (tertiary alicyclic amines) is 1. The molecule has 7 nitrogen and oxygen atoms in total. The molecule has 1 saturated heterocycles. The summed E-state index contributed by atoms with van der Waals surface area (Å²) in [5.74, 6) is 0.0259. The summed E-state index contributed by atoms with van der Waals surface area (Å²) in [6, 6.07) is 5.89. The number of piperidine rings is 1. The Kier molecular flexibility index (Phi) is 7.04. The van der Waals surface area contributed by atoms with Crippen molar-refractivity contribution in [2.75, 3.05) is 25.5 Å². The van der Waals surface area contributed by atoms with Gasteiger partial charge in [-0.25, -0.2) is 18.7 Å². The molecule has 0 aliphatic carbocycles. The Bertz CT molecular complexity index is 1260. The lowest BCUT2D eigenvalue weighted by Gasteiger charge is -2.34. The summed E-state index contributed by atoms with van der Waals surface area (Å²) < 4.78 is 39.9. The number of fused-ring (bicyclic) bond motifs is 1. The molecule has 34 heavy (non-hydrogen) atoms. The van der Waals surface area contributed by atoms with Gasteiger partial charge in [0.25, 0.3) is 0 Å². The van der Waals surface area contributed by atoms with E-state index in [2.05, 4.69) is 21.9 Å². The highest BCUT2D eigenvalue weighted by molar-refractivity contribution is 6.43. The SMILES string of the molecule is C=CC(=O)N1CC[C@@H](Oc2cc3c(Nc4ccc(F)c(Cl)c4Cl)ncnc3cc2OC)C(F)C1. The number of benzene rings is 2. The average Bonchev–Trinajstić information content (AvgIpc) is 2.84. The number of amides is 1. The van der Waals surface area contributed by atoms with Crippen LogP contribution in [0.25, 0.3) is 10.9 Å². The van der Waals surface area contributed by atoms with E-state index in [4.69, 9.17) is 32.7 Å². The fraction of sp³-hybridized carbons (Fsp3) is 0.261. The lowest BCUT2D eigenvalue weighted by Crippen LogP contribution is -2.48. The number of anilines is 2. The van der Waals surface area contributed by atoms with Gasteiger partial charge >= 0.3 is 0 Å². The number of alkyl halides is 1. The molecule has 1 aliphatic heterocycles. The van der Waals surface area contributed by atoms with E-state index in [1.54, 1.807) is 12.1 Å². The lowest BCUT2D eigenvalue weighted by molar-refractivity contribution is -0.129. The molecular weight excluding hydrogens is 489 g/mol. The number of hydrogen-bond donors (Lipinski definition) is 1. The molecule has 1 N–H and O–H groups in total. The highest BCUT2D eigenvalue weighted by Crippen LogP contribution is 2.38. The highest BCUT2D eigenvalue weighted by atomic mass is 35.5. The number of ether oxygens (including phenoxy) is 2. The Balaban J connectivity index is 1.65. The first-order valence-corrected chi connectivity index (χ1v) is 11.0. The van der Waals surface area contributed by atoms with E-state index in [0.29, 0.717) is 41.1 Å². The molecule has 2 atom stereocenters. The second kappa shape index (κ2) is 9.99. The summed E-state index contributed by atoms with van der Waals surface area (Å²) in [4.78, 5) is 21.7. The monoisotopic (exact) mass is 508 g/mol. The maximum atomic E-state index is 14.8. The number of nitrogens with one attached hydrogen (secondary N) is 1. The molecule has 2 aromatic carbocycles. The molecule has 1 aromatic heterocycles. The van der Waals surface area contributed by atoms with E-state index >= 15 is 0 Å². The molecule has 0 saturated carbocycles. The van der Waals surface area contributed by atoms with Crippen LogP contribution in [0.15, 0.2) is 43.2 Å².